The summed E-state index contributed by atoms with van der Waals surface area (Å²) >= 11 is 0. The van der Waals surface area contributed by atoms with Crippen molar-refractivity contribution in [2.45, 2.75) is 11.3 Å². The molecule has 0 unspecified atom stereocenters. The molecule has 0 spiro atoms. The average molecular weight is 278 g/mol. The number of nitrogens with one attached hydrogen (secondary N) is 3. The molecule has 0 bridgehead atoms. The first kappa shape index (κ1) is 11.7. The summed E-state index contributed by atoms with van der Waals surface area (Å²) in [5.41, 5.74) is 1.33. The number of amides is 1. The Balaban J connectivity index is 1.94. The molecule has 0 atom stereocenters. The maximum absolute atomic E-state index is 12.1. The zero-order valence-corrected chi connectivity index (χ0v) is 10.5. The number of fused-ring (bicyclic) bond motifs is 1. The number of hydrogen-bond donors (Lipinski definition) is 3. The lowest BCUT2D eigenvalue weighted by atomic mass is 10.2. The van der Waals surface area contributed by atoms with Crippen LogP contribution in [-0.4, -0.2) is 24.3 Å². The monoisotopic (exact) mass is 278 g/mol. The fourth-order valence-corrected chi connectivity index (χ4v) is 2.91. The highest BCUT2D eigenvalue weighted by atomic mass is 32.2. The Labute approximate surface area is 109 Å². The summed E-state index contributed by atoms with van der Waals surface area (Å²) in [5.74, 6) is 0.0123. The molecule has 3 N–H and O–H groups in total. The number of aromatic amines is 1. The van der Waals surface area contributed by atoms with E-state index in [0.717, 1.165) is 0 Å². The highest BCUT2D eigenvalue weighted by molar-refractivity contribution is 7.92. The molecule has 0 saturated carbocycles. The number of rotatable bonds is 3. The predicted octanol–water partition coefficient (Wildman–Crippen LogP) is 0.705. The molecule has 1 aromatic carbocycles. The normalized spacial score (nSPS) is 14.0. The second-order valence-electron chi connectivity index (χ2n) is 4.09. The Bertz CT molecular complexity index is 737. The minimum atomic E-state index is -3.71. The van der Waals surface area contributed by atoms with Gasteiger partial charge in [0.2, 0.25) is 11.9 Å². The minimum Gasteiger partial charge on any atom is -0.330 e. The average Bonchev–Trinajstić information content (AvgIpc) is 2.95. The van der Waals surface area contributed by atoms with Crippen molar-refractivity contribution in [3.8, 4) is 0 Å². The standard InChI is InChI=1S/C11H10N4O3S/c16-10-6-7-5-8(1-2-9(7)14-10)19(17,18)15-11-12-3-4-13-11/h1-5H,6H2,(H,14,16)(H2,12,13,15). The van der Waals surface area contributed by atoms with Crippen LogP contribution < -0.4 is 10.0 Å². The number of carbonyl (C=O) groups is 1. The highest BCUT2D eigenvalue weighted by Crippen LogP contribution is 2.26. The first-order valence-corrected chi connectivity index (χ1v) is 6.98. The van der Waals surface area contributed by atoms with Crippen LogP contribution in [0.4, 0.5) is 11.6 Å². The van der Waals surface area contributed by atoms with E-state index in [4.69, 9.17) is 0 Å². The van der Waals surface area contributed by atoms with E-state index in [2.05, 4.69) is 20.0 Å². The fraction of sp³-hybridized carbons (Fsp3) is 0.0909. The van der Waals surface area contributed by atoms with Gasteiger partial charge >= 0.3 is 0 Å². The van der Waals surface area contributed by atoms with Crippen LogP contribution >= 0.6 is 0 Å². The summed E-state index contributed by atoms with van der Waals surface area (Å²) in [5, 5.41) is 2.65. The molecule has 0 fully saturated rings. The highest BCUT2D eigenvalue weighted by Gasteiger charge is 2.22. The largest absolute Gasteiger partial charge is 0.330 e. The van der Waals surface area contributed by atoms with Gasteiger partial charge in [-0.25, -0.2) is 18.1 Å². The van der Waals surface area contributed by atoms with E-state index in [1.807, 2.05) is 0 Å². The van der Waals surface area contributed by atoms with Crippen LogP contribution in [0.5, 0.6) is 0 Å². The number of imidazole rings is 1. The summed E-state index contributed by atoms with van der Waals surface area (Å²) in [6, 6.07) is 4.51. The summed E-state index contributed by atoms with van der Waals surface area (Å²) < 4.78 is 26.5. The Morgan fingerprint density at radius 1 is 1.32 bits per heavy atom. The van der Waals surface area contributed by atoms with Gasteiger partial charge in [-0.15, -0.1) is 0 Å². The Morgan fingerprint density at radius 2 is 2.16 bits per heavy atom. The van der Waals surface area contributed by atoms with Gasteiger partial charge in [0, 0.05) is 18.1 Å². The first-order chi connectivity index (χ1) is 9.04. The number of carbonyl (C=O) groups excluding carboxylic acids is 1. The van der Waals surface area contributed by atoms with Crippen LogP contribution in [0.3, 0.4) is 0 Å². The second-order valence-corrected chi connectivity index (χ2v) is 5.77. The van der Waals surface area contributed by atoms with Gasteiger partial charge in [-0.3, -0.25) is 4.79 Å². The van der Waals surface area contributed by atoms with E-state index >= 15 is 0 Å². The van der Waals surface area contributed by atoms with Gasteiger partial charge in [0.05, 0.1) is 11.3 Å². The number of nitrogens with zero attached hydrogens (tertiary/aromatic N) is 1. The van der Waals surface area contributed by atoms with E-state index in [1.165, 1.54) is 24.5 Å². The van der Waals surface area contributed by atoms with E-state index in [9.17, 15) is 13.2 Å². The quantitative estimate of drug-likeness (QED) is 0.769. The number of benzene rings is 1. The van der Waals surface area contributed by atoms with E-state index < -0.39 is 10.0 Å². The molecule has 0 radical (unpaired) electrons. The Morgan fingerprint density at radius 3 is 2.89 bits per heavy atom. The van der Waals surface area contributed by atoms with Gasteiger partial charge in [0.15, 0.2) is 0 Å². The number of hydrogen-bond acceptors (Lipinski definition) is 4. The van der Waals surface area contributed by atoms with Crippen molar-refractivity contribution in [3.63, 3.8) is 0 Å². The van der Waals surface area contributed by atoms with Gasteiger partial charge in [-0.05, 0) is 23.8 Å². The molecule has 0 aliphatic carbocycles. The van der Waals surface area contributed by atoms with E-state index in [1.54, 1.807) is 6.07 Å². The molecule has 1 aromatic heterocycles. The molecule has 7 nitrogen and oxygen atoms in total. The maximum Gasteiger partial charge on any atom is 0.264 e. The van der Waals surface area contributed by atoms with Crippen LogP contribution in [0.25, 0.3) is 0 Å². The van der Waals surface area contributed by atoms with Gasteiger partial charge in [-0.2, -0.15) is 0 Å². The third kappa shape index (κ3) is 2.17. The van der Waals surface area contributed by atoms with Crippen LogP contribution in [0.15, 0.2) is 35.5 Å². The van der Waals surface area contributed by atoms with Crippen molar-refractivity contribution in [2.24, 2.45) is 0 Å². The Kier molecular flexibility index (Phi) is 2.53. The smallest absolute Gasteiger partial charge is 0.264 e. The molecular weight excluding hydrogens is 268 g/mol. The lowest BCUT2D eigenvalue weighted by Crippen LogP contribution is -2.14. The van der Waals surface area contributed by atoms with Crippen molar-refractivity contribution in [1.82, 2.24) is 9.97 Å². The number of aromatic nitrogens is 2. The summed E-state index contributed by atoms with van der Waals surface area (Å²) in [6.45, 7) is 0. The maximum atomic E-state index is 12.1. The van der Waals surface area contributed by atoms with Crippen molar-refractivity contribution in [3.05, 3.63) is 36.2 Å². The molecule has 8 heteroatoms. The van der Waals surface area contributed by atoms with Crippen molar-refractivity contribution >= 4 is 27.6 Å². The third-order valence-corrected chi connectivity index (χ3v) is 4.08. The SMILES string of the molecule is O=C1Cc2cc(S(=O)(=O)Nc3ncc[nH]3)ccc2N1. The predicted molar refractivity (Wildman–Crippen MR) is 68.2 cm³/mol. The van der Waals surface area contributed by atoms with E-state index in [-0.39, 0.29) is 23.2 Å². The van der Waals surface area contributed by atoms with Crippen LogP contribution in [0, 0.1) is 0 Å². The van der Waals surface area contributed by atoms with Crippen LogP contribution in [0.2, 0.25) is 0 Å². The summed E-state index contributed by atoms with van der Waals surface area (Å²) in [7, 11) is -3.71. The first-order valence-electron chi connectivity index (χ1n) is 5.49. The van der Waals surface area contributed by atoms with Gasteiger partial charge in [-0.1, -0.05) is 0 Å². The molecule has 1 aliphatic heterocycles. The molecule has 19 heavy (non-hydrogen) atoms. The van der Waals surface area contributed by atoms with Gasteiger partial charge < -0.3 is 10.3 Å². The molecule has 2 heterocycles. The topological polar surface area (TPSA) is 104 Å². The zero-order valence-electron chi connectivity index (χ0n) is 9.67. The second kappa shape index (κ2) is 4.09. The molecular formula is C11H10N4O3S. The van der Waals surface area contributed by atoms with Crippen molar-refractivity contribution in [1.29, 1.82) is 0 Å². The minimum absolute atomic E-state index is 0.0964. The lowest BCUT2D eigenvalue weighted by molar-refractivity contribution is -0.115. The summed E-state index contributed by atoms with van der Waals surface area (Å²) in [4.78, 5) is 17.8. The number of H-pyrrole nitrogens is 1. The Hall–Kier alpha value is -2.35. The van der Waals surface area contributed by atoms with E-state index in [0.29, 0.717) is 11.3 Å². The third-order valence-electron chi connectivity index (χ3n) is 2.74. The fourth-order valence-electron chi connectivity index (χ4n) is 1.88. The molecule has 3 rings (SSSR count). The van der Waals surface area contributed by atoms with Gasteiger partial charge in [0.1, 0.15) is 0 Å². The van der Waals surface area contributed by atoms with Crippen molar-refractivity contribution in [2.75, 3.05) is 10.0 Å². The zero-order chi connectivity index (χ0) is 13.5. The molecule has 2 aromatic rings. The van der Waals surface area contributed by atoms with Crippen LogP contribution in [0.1, 0.15) is 5.56 Å². The molecule has 0 saturated heterocycles. The van der Waals surface area contributed by atoms with Crippen LogP contribution in [-0.2, 0) is 21.2 Å². The summed E-state index contributed by atoms with van der Waals surface area (Å²) in [6.07, 6.45) is 3.16. The molecule has 98 valence electrons. The van der Waals surface area contributed by atoms with Gasteiger partial charge in [0.25, 0.3) is 10.0 Å². The molecule has 1 aliphatic rings. The number of sulfonamides is 1. The van der Waals surface area contributed by atoms with Crippen molar-refractivity contribution < 1.29 is 13.2 Å². The molecule has 1 amide bonds. The number of anilines is 2. The lowest BCUT2D eigenvalue weighted by Gasteiger charge is -2.06.